The first-order chi connectivity index (χ1) is 11.9. The molecule has 2 aromatic rings. The van der Waals surface area contributed by atoms with Gasteiger partial charge in [-0.1, -0.05) is 0 Å². The molecule has 134 valence electrons. The fourth-order valence-corrected chi connectivity index (χ4v) is 3.52. The molecule has 0 unspecified atom stereocenters. The second kappa shape index (κ2) is 7.37. The number of anilines is 2. The molecule has 1 aliphatic rings. The Balaban J connectivity index is 1.78. The molecule has 8 heteroatoms. The summed E-state index contributed by atoms with van der Waals surface area (Å²) in [5.41, 5.74) is 2.65. The molecule has 0 spiro atoms. The first-order valence-electron chi connectivity index (χ1n) is 8.31. The molecule has 0 radical (unpaired) electrons. The normalized spacial score (nSPS) is 14.8. The number of nitrogens with one attached hydrogen (secondary N) is 2. The molecular weight excluding hydrogens is 340 g/mol. The second-order valence-electron chi connectivity index (χ2n) is 6.19. The Labute approximate surface area is 147 Å². The maximum absolute atomic E-state index is 12.1. The fourth-order valence-electron chi connectivity index (χ4n) is 3.04. The van der Waals surface area contributed by atoms with Gasteiger partial charge in [0.15, 0.2) is 0 Å². The summed E-state index contributed by atoms with van der Waals surface area (Å²) in [4.78, 5) is 18.9. The molecular formula is C17H22N4O3S. The van der Waals surface area contributed by atoms with Gasteiger partial charge < -0.3 is 10.2 Å². The molecule has 3 rings (SSSR count). The van der Waals surface area contributed by atoms with E-state index >= 15 is 0 Å². The number of hydrogen-bond donors (Lipinski definition) is 2. The molecule has 2 heterocycles. The number of amides is 1. The summed E-state index contributed by atoms with van der Waals surface area (Å²) in [7, 11) is -3.29. The van der Waals surface area contributed by atoms with E-state index in [2.05, 4.69) is 19.9 Å². The quantitative estimate of drug-likeness (QED) is 0.816. The van der Waals surface area contributed by atoms with E-state index in [1.165, 1.54) is 12.8 Å². The van der Waals surface area contributed by atoms with Crippen LogP contribution >= 0.6 is 0 Å². The highest BCUT2D eigenvalue weighted by Gasteiger charge is 2.17. The number of nitrogens with zero attached hydrogens (tertiary/aromatic N) is 2. The smallest absolute Gasteiger partial charge is 0.225 e. The minimum Gasteiger partial charge on any atom is -0.370 e. The molecule has 1 amide bonds. The Morgan fingerprint density at radius 2 is 2.00 bits per heavy atom. The van der Waals surface area contributed by atoms with Crippen LogP contribution in [0.5, 0.6) is 0 Å². The second-order valence-corrected chi connectivity index (χ2v) is 8.02. The van der Waals surface area contributed by atoms with Gasteiger partial charge in [0, 0.05) is 37.6 Å². The van der Waals surface area contributed by atoms with Crippen molar-refractivity contribution in [2.75, 3.05) is 36.1 Å². The average Bonchev–Trinajstić information content (AvgIpc) is 3.08. The van der Waals surface area contributed by atoms with E-state index in [1.54, 1.807) is 6.20 Å². The number of rotatable bonds is 6. The van der Waals surface area contributed by atoms with Crippen LogP contribution in [0.15, 0.2) is 30.5 Å². The van der Waals surface area contributed by atoms with Crippen LogP contribution < -0.4 is 14.9 Å². The van der Waals surface area contributed by atoms with Gasteiger partial charge in [-0.05, 0) is 37.1 Å². The van der Waals surface area contributed by atoms with Gasteiger partial charge in [-0.25, -0.2) is 13.1 Å². The molecule has 25 heavy (non-hydrogen) atoms. The van der Waals surface area contributed by atoms with Crippen LogP contribution in [-0.4, -0.2) is 45.2 Å². The molecule has 0 aliphatic carbocycles. The summed E-state index contributed by atoms with van der Waals surface area (Å²) in [6, 6.07) is 7.66. The maximum Gasteiger partial charge on any atom is 0.225 e. The molecule has 1 fully saturated rings. The van der Waals surface area contributed by atoms with E-state index in [4.69, 9.17) is 0 Å². The van der Waals surface area contributed by atoms with Crippen LogP contribution in [0.25, 0.3) is 10.9 Å². The maximum atomic E-state index is 12.1. The minimum atomic E-state index is -3.29. The van der Waals surface area contributed by atoms with Crippen LogP contribution in [0.1, 0.15) is 19.3 Å². The van der Waals surface area contributed by atoms with E-state index in [9.17, 15) is 13.2 Å². The molecule has 1 aromatic carbocycles. The molecule has 7 nitrogen and oxygen atoms in total. The number of pyridine rings is 1. The largest absolute Gasteiger partial charge is 0.370 e. The molecule has 0 atom stereocenters. The number of fused-ring (bicyclic) bond motifs is 1. The highest BCUT2D eigenvalue weighted by Crippen LogP contribution is 2.32. The zero-order valence-electron chi connectivity index (χ0n) is 14.2. The third-order valence-electron chi connectivity index (χ3n) is 4.19. The van der Waals surface area contributed by atoms with E-state index in [1.807, 2.05) is 24.3 Å². The summed E-state index contributed by atoms with van der Waals surface area (Å²) in [5.74, 6) is -0.241. The van der Waals surface area contributed by atoms with Crippen LogP contribution in [0, 0.1) is 0 Å². The van der Waals surface area contributed by atoms with Crippen molar-refractivity contribution < 1.29 is 13.2 Å². The van der Waals surface area contributed by atoms with Crippen molar-refractivity contribution in [2.24, 2.45) is 0 Å². The minimum absolute atomic E-state index is 0.0721. The first kappa shape index (κ1) is 17.6. The Morgan fingerprint density at radius 1 is 1.24 bits per heavy atom. The first-order valence-corrected chi connectivity index (χ1v) is 10.2. The Kier molecular flexibility index (Phi) is 5.19. The molecule has 1 aromatic heterocycles. The number of carbonyl (C=O) groups is 1. The lowest BCUT2D eigenvalue weighted by molar-refractivity contribution is -0.116. The monoisotopic (exact) mass is 362 g/mol. The van der Waals surface area contributed by atoms with E-state index in [0.717, 1.165) is 35.9 Å². The van der Waals surface area contributed by atoms with Gasteiger partial charge in [0.1, 0.15) is 0 Å². The molecule has 1 saturated heterocycles. The number of carbonyl (C=O) groups excluding carboxylic acids is 1. The molecule has 1 aliphatic heterocycles. The van der Waals surface area contributed by atoms with Crippen LogP contribution in [-0.2, 0) is 14.8 Å². The predicted octanol–water partition coefficient (Wildman–Crippen LogP) is 1.71. The highest BCUT2D eigenvalue weighted by atomic mass is 32.2. The molecule has 2 N–H and O–H groups in total. The predicted molar refractivity (Wildman–Crippen MR) is 99.3 cm³/mol. The van der Waals surface area contributed by atoms with Crippen LogP contribution in [0.3, 0.4) is 0 Å². The molecule has 0 saturated carbocycles. The van der Waals surface area contributed by atoms with Crippen molar-refractivity contribution in [2.45, 2.75) is 19.3 Å². The van der Waals surface area contributed by atoms with Gasteiger partial charge in [-0.15, -0.1) is 0 Å². The fraction of sp³-hybridized carbons (Fsp3) is 0.412. The van der Waals surface area contributed by atoms with Crippen LogP contribution in [0.2, 0.25) is 0 Å². The number of sulfonamides is 1. The summed E-state index contributed by atoms with van der Waals surface area (Å²) in [6.07, 6.45) is 5.26. The van der Waals surface area contributed by atoms with Crippen molar-refractivity contribution >= 4 is 38.2 Å². The zero-order valence-corrected chi connectivity index (χ0v) is 15.0. The number of aromatic nitrogens is 1. The third-order valence-corrected chi connectivity index (χ3v) is 4.91. The van der Waals surface area contributed by atoms with Crippen molar-refractivity contribution in [3.8, 4) is 0 Å². The summed E-state index contributed by atoms with van der Waals surface area (Å²) < 4.78 is 24.4. The Hall–Kier alpha value is -2.19. The Morgan fingerprint density at radius 3 is 2.72 bits per heavy atom. The molecule has 0 bridgehead atoms. The van der Waals surface area contributed by atoms with E-state index < -0.39 is 10.0 Å². The van der Waals surface area contributed by atoms with Gasteiger partial charge in [0.05, 0.1) is 23.1 Å². The van der Waals surface area contributed by atoms with Crippen molar-refractivity contribution in [1.29, 1.82) is 0 Å². The Bertz CT molecular complexity index is 877. The average molecular weight is 362 g/mol. The summed E-state index contributed by atoms with van der Waals surface area (Å²) in [5, 5.41) is 3.74. The topological polar surface area (TPSA) is 91.4 Å². The van der Waals surface area contributed by atoms with Crippen molar-refractivity contribution in [1.82, 2.24) is 9.71 Å². The lowest BCUT2D eigenvalue weighted by Crippen LogP contribution is -2.26. The van der Waals surface area contributed by atoms with Gasteiger partial charge in [0.2, 0.25) is 15.9 Å². The summed E-state index contributed by atoms with van der Waals surface area (Å²) in [6.45, 7) is 2.12. The standard InChI is InChI=1S/C17H22N4O3S/c1-25(23,24)19-10-8-16(22)20-14-6-7-15(21-11-2-3-12-21)17-13(14)5-4-9-18-17/h4-7,9,19H,2-3,8,10-12H2,1H3,(H,20,22). The van der Waals surface area contributed by atoms with Crippen LogP contribution in [0.4, 0.5) is 11.4 Å². The third kappa shape index (κ3) is 4.46. The lowest BCUT2D eigenvalue weighted by atomic mass is 10.1. The van der Waals surface area contributed by atoms with Crippen molar-refractivity contribution in [3.05, 3.63) is 30.5 Å². The summed E-state index contributed by atoms with van der Waals surface area (Å²) >= 11 is 0. The van der Waals surface area contributed by atoms with Gasteiger partial charge >= 0.3 is 0 Å². The lowest BCUT2D eigenvalue weighted by Gasteiger charge is -2.20. The van der Waals surface area contributed by atoms with Gasteiger partial charge in [-0.3, -0.25) is 9.78 Å². The number of hydrogen-bond acceptors (Lipinski definition) is 5. The number of benzene rings is 1. The van der Waals surface area contributed by atoms with Crippen molar-refractivity contribution in [3.63, 3.8) is 0 Å². The van der Waals surface area contributed by atoms with Gasteiger partial charge in [-0.2, -0.15) is 0 Å². The zero-order chi connectivity index (χ0) is 17.9. The van der Waals surface area contributed by atoms with Gasteiger partial charge in [0.25, 0.3) is 0 Å². The van der Waals surface area contributed by atoms with E-state index in [0.29, 0.717) is 5.69 Å². The highest BCUT2D eigenvalue weighted by molar-refractivity contribution is 7.88. The van der Waals surface area contributed by atoms with E-state index in [-0.39, 0.29) is 18.9 Å². The SMILES string of the molecule is CS(=O)(=O)NCCC(=O)Nc1ccc(N2CCCC2)c2ncccc12.